The first-order valence-electron chi connectivity index (χ1n) is 36.3. The molecule has 6 nitrogen and oxygen atoms in total. The summed E-state index contributed by atoms with van der Waals surface area (Å²) in [7, 11) is 0. The van der Waals surface area contributed by atoms with Gasteiger partial charge in [-0.3, -0.25) is 0 Å². The summed E-state index contributed by atoms with van der Waals surface area (Å²) in [6.45, 7) is 16.2. The molecule has 0 atom stereocenters. The van der Waals surface area contributed by atoms with Crippen molar-refractivity contribution in [2.45, 2.75) is 10.8 Å². The minimum atomic E-state index is -0.589. The van der Waals surface area contributed by atoms with Crippen molar-refractivity contribution in [2.75, 3.05) is 0 Å². The van der Waals surface area contributed by atoms with Crippen LogP contribution in [0.3, 0.4) is 0 Å². The molecular weight excluding hydrogens is 1310 g/mol. The van der Waals surface area contributed by atoms with Crippen molar-refractivity contribution in [1.82, 2.24) is 19.9 Å². The average molecular weight is 1380 g/mol. The second-order valence-corrected chi connectivity index (χ2v) is 27.2. The number of hydrogen-bond acceptors (Lipinski definition) is 4. The topological polar surface area (TPSA) is 60.3 Å². The van der Waals surface area contributed by atoms with E-state index in [4.69, 9.17) is 33.1 Å². The van der Waals surface area contributed by atoms with Crippen LogP contribution in [-0.2, 0) is 10.8 Å². The van der Waals surface area contributed by atoms with Crippen molar-refractivity contribution in [1.29, 1.82) is 0 Å². The molecule has 2 aromatic heterocycles. The van der Waals surface area contributed by atoms with Crippen molar-refractivity contribution < 1.29 is 0 Å². The van der Waals surface area contributed by atoms with Crippen molar-refractivity contribution >= 4 is 11.4 Å². The summed E-state index contributed by atoms with van der Waals surface area (Å²) in [5, 5.41) is 0. The second kappa shape index (κ2) is 28.2. The van der Waals surface area contributed by atoms with Gasteiger partial charge in [0.1, 0.15) is 0 Å². The van der Waals surface area contributed by atoms with Crippen molar-refractivity contribution in [2.24, 2.45) is 0 Å². The number of fused-ring (bicyclic) bond motifs is 6. The van der Waals surface area contributed by atoms with Gasteiger partial charge in [0.2, 0.25) is 0 Å². The third-order valence-electron chi connectivity index (χ3n) is 21.2. The van der Waals surface area contributed by atoms with E-state index in [1.54, 1.807) is 0 Å². The predicted octanol–water partition coefficient (Wildman–Crippen LogP) is 25.8. The Morgan fingerprint density at radius 2 is 0.435 bits per heavy atom. The van der Waals surface area contributed by atoms with Crippen LogP contribution in [-0.4, -0.2) is 19.9 Å². The van der Waals surface area contributed by atoms with Gasteiger partial charge < -0.3 is 0 Å². The third-order valence-corrected chi connectivity index (χ3v) is 21.2. The highest BCUT2D eigenvalue weighted by atomic mass is 14.9. The molecule has 19 rings (SSSR count). The van der Waals surface area contributed by atoms with E-state index in [0.717, 1.165) is 112 Å². The monoisotopic (exact) mass is 1370 g/mol. The molecule has 15 aromatic carbocycles. The molecular formula is C102H66N6. The number of benzene rings is 15. The minimum Gasteiger partial charge on any atom is -0.238 e. The minimum absolute atomic E-state index is 0.577. The standard InChI is InChI=1S/C54H35N3.C48H31N3/c1-55-49-24-14-23-47-52(49)46-34-33-43(35-48(46)54(47,44-19-10-4-11-20-44)45-21-12-5-13-22-45)39-27-31-41(32-28-39)51-36-50(56-53(57-51)42-17-8-3-9-18-42)40-29-25-38(26-30-40)37-15-6-2-7-16-37;1-49-43-24-14-23-41-46(43)40-30-29-37(31-42(40)48(41,38-19-10-4-11-20-38)39-21-12-5-13-22-39)33-25-27-35(28-26-33)45-32-44(34-15-6-2-7-16-34)50-47(51-45)36-17-8-3-9-18-36/h2-36H;2-32H. The molecule has 0 amide bonds. The summed E-state index contributed by atoms with van der Waals surface area (Å²) in [5.41, 5.74) is 30.1. The molecule has 0 aliphatic heterocycles. The molecule has 504 valence electrons. The maximum absolute atomic E-state index is 8.14. The molecule has 2 aliphatic carbocycles. The van der Waals surface area contributed by atoms with Crippen LogP contribution in [0.25, 0.3) is 133 Å². The molecule has 0 radical (unpaired) electrons. The smallest absolute Gasteiger partial charge is 0.195 e. The summed E-state index contributed by atoms with van der Waals surface area (Å²) in [6, 6.07) is 140. The van der Waals surface area contributed by atoms with Crippen LogP contribution in [0, 0.1) is 13.1 Å². The van der Waals surface area contributed by atoms with E-state index in [0.29, 0.717) is 23.0 Å². The first-order chi connectivity index (χ1) is 53.4. The van der Waals surface area contributed by atoms with Crippen LogP contribution in [0.15, 0.2) is 400 Å². The van der Waals surface area contributed by atoms with E-state index in [2.05, 4.69) is 325 Å². The lowest BCUT2D eigenvalue weighted by molar-refractivity contribution is 0.769. The Labute approximate surface area is 629 Å². The van der Waals surface area contributed by atoms with Crippen LogP contribution in [0.4, 0.5) is 11.4 Å². The summed E-state index contributed by atoms with van der Waals surface area (Å²) in [4.78, 5) is 28.2. The van der Waals surface area contributed by atoms with Gasteiger partial charge in [0.25, 0.3) is 0 Å². The lowest BCUT2D eigenvalue weighted by Gasteiger charge is -2.34. The van der Waals surface area contributed by atoms with Crippen molar-refractivity contribution in [3.63, 3.8) is 0 Å². The van der Waals surface area contributed by atoms with E-state index >= 15 is 0 Å². The third kappa shape index (κ3) is 11.6. The Morgan fingerprint density at radius 1 is 0.194 bits per heavy atom. The predicted molar refractivity (Wildman–Crippen MR) is 440 cm³/mol. The molecule has 0 saturated heterocycles. The zero-order valence-electron chi connectivity index (χ0n) is 58.8. The first kappa shape index (κ1) is 65.5. The van der Waals surface area contributed by atoms with Gasteiger partial charge in [0.15, 0.2) is 23.0 Å². The van der Waals surface area contributed by atoms with Gasteiger partial charge in [-0.15, -0.1) is 0 Å². The fourth-order valence-electron chi connectivity index (χ4n) is 16.2. The highest BCUT2D eigenvalue weighted by molar-refractivity contribution is 5.97. The molecule has 6 heteroatoms. The Hall–Kier alpha value is -14.6. The molecule has 2 heterocycles. The molecule has 0 saturated carbocycles. The van der Waals surface area contributed by atoms with Crippen LogP contribution < -0.4 is 0 Å². The molecule has 0 bridgehead atoms. The highest BCUT2D eigenvalue weighted by Gasteiger charge is 2.48. The summed E-state index contributed by atoms with van der Waals surface area (Å²) < 4.78 is 0. The van der Waals surface area contributed by atoms with Gasteiger partial charge >= 0.3 is 0 Å². The zero-order chi connectivity index (χ0) is 72.4. The lowest BCUT2D eigenvalue weighted by atomic mass is 9.67. The number of aromatic nitrogens is 4. The summed E-state index contributed by atoms with van der Waals surface area (Å²) >= 11 is 0. The summed E-state index contributed by atoms with van der Waals surface area (Å²) in [5.74, 6) is 1.39. The van der Waals surface area contributed by atoms with Gasteiger partial charge in [-0.25, -0.2) is 29.6 Å². The van der Waals surface area contributed by atoms with Crippen molar-refractivity contribution in [3.8, 4) is 123 Å². The van der Waals surface area contributed by atoms with E-state index < -0.39 is 10.8 Å². The van der Waals surface area contributed by atoms with Gasteiger partial charge in [0.05, 0.1) is 46.7 Å². The fourth-order valence-corrected chi connectivity index (χ4v) is 16.2. The van der Waals surface area contributed by atoms with Gasteiger partial charge in [-0.05, 0) is 124 Å². The lowest BCUT2D eigenvalue weighted by Crippen LogP contribution is -2.28. The normalized spacial score (nSPS) is 12.4. The Bertz CT molecular complexity index is 6110. The van der Waals surface area contributed by atoms with E-state index in [-0.39, 0.29) is 0 Å². The molecule has 2 aliphatic rings. The van der Waals surface area contributed by atoms with Crippen LogP contribution in [0.2, 0.25) is 0 Å². The summed E-state index contributed by atoms with van der Waals surface area (Å²) in [6.07, 6.45) is 0. The zero-order valence-corrected chi connectivity index (χ0v) is 58.8. The Morgan fingerprint density at radius 3 is 0.741 bits per heavy atom. The first-order valence-corrected chi connectivity index (χ1v) is 36.3. The average Bonchev–Trinajstić information content (AvgIpc) is 1.54. The number of hydrogen-bond donors (Lipinski definition) is 0. The number of nitrogens with zero attached hydrogens (tertiary/aromatic N) is 6. The van der Waals surface area contributed by atoms with E-state index in [1.165, 1.54) is 44.5 Å². The van der Waals surface area contributed by atoms with Gasteiger partial charge in [-0.2, -0.15) is 0 Å². The van der Waals surface area contributed by atoms with Gasteiger partial charge in [-0.1, -0.05) is 376 Å². The Balaban J connectivity index is 0.000000153. The molecule has 108 heavy (non-hydrogen) atoms. The SMILES string of the molecule is [C-]#[N+]c1cccc2c1-c1ccc(-c3ccc(-c4cc(-c5ccc(-c6ccccc6)cc5)nc(-c5ccccc5)n4)cc3)cc1C2(c1ccccc1)c1ccccc1.[C-]#[N+]c1cccc2c1-c1ccc(-c3ccc(-c4cc(-c5ccccc5)nc(-c5ccccc5)n4)cc3)cc1C2(c1ccccc1)c1ccccc1. The maximum Gasteiger partial charge on any atom is 0.195 e. The molecule has 0 fully saturated rings. The fraction of sp³-hybridized carbons (Fsp3) is 0.0196. The van der Waals surface area contributed by atoms with Crippen LogP contribution in [0.1, 0.15) is 44.5 Å². The van der Waals surface area contributed by atoms with Crippen molar-refractivity contribution in [3.05, 3.63) is 468 Å². The molecule has 0 N–H and O–H groups in total. The quantitative estimate of drug-likeness (QED) is 0.108. The maximum atomic E-state index is 8.14. The molecule has 0 spiro atoms. The van der Waals surface area contributed by atoms with E-state index in [1.807, 2.05) is 84.9 Å². The van der Waals surface area contributed by atoms with Crippen LogP contribution >= 0.6 is 0 Å². The Kier molecular flexibility index (Phi) is 17.1. The van der Waals surface area contributed by atoms with E-state index in [9.17, 15) is 0 Å². The highest BCUT2D eigenvalue weighted by Crippen LogP contribution is 2.61. The van der Waals surface area contributed by atoms with Crippen LogP contribution in [0.5, 0.6) is 0 Å². The second-order valence-electron chi connectivity index (χ2n) is 27.2. The molecule has 17 aromatic rings. The van der Waals surface area contributed by atoms with Gasteiger partial charge in [0, 0.05) is 33.4 Å². The molecule has 0 unspecified atom stereocenters. The number of rotatable bonds is 13. The largest absolute Gasteiger partial charge is 0.238 e.